The van der Waals surface area contributed by atoms with Crippen LogP contribution in [0.4, 0.5) is 13.2 Å². The molecule has 0 saturated heterocycles. The summed E-state index contributed by atoms with van der Waals surface area (Å²) in [5.74, 6) is -3.08. The van der Waals surface area contributed by atoms with Gasteiger partial charge in [-0.3, -0.25) is 0 Å². The fraction of sp³-hybridized carbons (Fsp3) is 0.400. The Morgan fingerprint density at radius 1 is 1.21 bits per heavy atom. The molecule has 14 heavy (non-hydrogen) atoms. The Labute approximate surface area is 79.2 Å². The van der Waals surface area contributed by atoms with Crippen molar-refractivity contribution in [3.05, 3.63) is 35.1 Å². The van der Waals surface area contributed by atoms with E-state index in [9.17, 15) is 18.3 Å². The van der Waals surface area contributed by atoms with Crippen LogP contribution < -0.4 is 0 Å². The van der Waals surface area contributed by atoms with E-state index in [2.05, 4.69) is 0 Å². The molecule has 0 aliphatic heterocycles. The van der Waals surface area contributed by atoms with E-state index in [0.29, 0.717) is 18.9 Å². The predicted molar refractivity (Wildman–Crippen MR) is 44.2 cm³/mol. The summed E-state index contributed by atoms with van der Waals surface area (Å²) >= 11 is 0. The van der Waals surface area contributed by atoms with Gasteiger partial charge < -0.3 is 5.11 Å². The van der Waals surface area contributed by atoms with E-state index >= 15 is 0 Å². The molecule has 1 aromatic rings. The predicted octanol–water partition coefficient (Wildman–Crippen LogP) is 2.17. The number of benzene rings is 1. The standard InChI is InChI=1S/C10H9F3O/c11-7-3-6(5-10(14)1-2-10)9(13)8(12)4-7/h3-4,14H,1-2,5H2. The van der Waals surface area contributed by atoms with Crippen LogP contribution in [0.3, 0.4) is 0 Å². The number of hydrogen-bond acceptors (Lipinski definition) is 1. The molecule has 0 unspecified atom stereocenters. The molecule has 0 amide bonds. The lowest BCUT2D eigenvalue weighted by Gasteiger charge is -2.08. The van der Waals surface area contributed by atoms with Gasteiger partial charge in [0.1, 0.15) is 5.82 Å². The van der Waals surface area contributed by atoms with Gasteiger partial charge in [-0.1, -0.05) is 0 Å². The van der Waals surface area contributed by atoms with Crippen molar-refractivity contribution in [2.24, 2.45) is 0 Å². The molecule has 0 spiro atoms. The third-order valence-electron chi connectivity index (χ3n) is 2.42. The van der Waals surface area contributed by atoms with Crippen molar-refractivity contribution >= 4 is 0 Å². The number of halogens is 3. The Morgan fingerprint density at radius 3 is 2.43 bits per heavy atom. The van der Waals surface area contributed by atoms with Gasteiger partial charge in [0.05, 0.1) is 5.60 Å². The summed E-state index contributed by atoms with van der Waals surface area (Å²) < 4.78 is 38.5. The molecule has 1 aliphatic rings. The van der Waals surface area contributed by atoms with E-state index in [4.69, 9.17) is 0 Å². The van der Waals surface area contributed by atoms with Crippen molar-refractivity contribution in [1.82, 2.24) is 0 Å². The van der Waals surface area contributed by atoms with Crippen molar-refractivity contribution in [3.8, 4) is 0 Å². The first-order valence-corrected chi connectivity index (χ1v) is 4.36. The first-order chi connectivity index (χ1) is 6.50. The topological polar surface area (TPSA) is 20.2 Å². The average molecular weight is 202 g/mol. The van der Waals surface area contributed by atoms with E-state index in [1.54, 1.807) is 0 Å². The molecule has 1 saturated carbocycles. The van der Waals surface area contributed by atoms with Crippen LogP contribution in [-0.4, -0.2) is 10.7 Å². The van der Waals surface area contributed by atoms with Gasteiger partial charge in [0.15, 0.2) is 11.6 Å². The minimum absolute atomic E-state index is 0.0203. The number of aliphatic hydroxyl groups is 1. The molecule has 1 N–H and O–H groups in total. The summed E-state index contributed by atoms with van der Waals surface area (Å²) in [7, 11) is 0. The van der Waals surface area contributed by atoms with Gasteiger partial charge in [-0.2, -0.15) is 0 Å². The highest BCUT2D eigenvalue weighted by molar-refractivity contribution is 5.23. The van der Waals surface area contributed by atoms with Gasteiger partial charge >= 0.3 is 0 Å². The van der Waals surface area contributed by atoms with Crippen molar-refractivity contribution in [3.63, 3.8) is 0 Å². The fourth-order valence-corrected chi connectivity index (χ4v) is 1.41. The van der Waals surface area contributed by atoms with Crippen LogP contribution in [0.2, 0.25) is 0 Å². The highest BCUT2D eigenvalue weighted by atomic mass is 19.2. The molecule has 4 heteroatoms. The van der Waals surface area contributed by atoms with E-state index in [0.717, 1.165) is 6.07 Å². The molecule has 1 nitrogen and oxygen atoms in total. The number of rotatable bonds is 2. The summed E-state index contributed by atoms with van der Waals surface area (Å²) in [6.45, 7) is 0. The Morgan fingerprint density at radius 2 is 1.86 bits per heavy atom. The molecule has 76 valence electrons. The van der Waals surface area contributed by atoms with Crippen LogP contribution >= 0.6 is 0 Å². The third-order valence-corrected chi connectivity index (χ3v) is 2.42. The Balaban J connectivity index is 2.32. The SMILES string of the molecule is OC1(Cc2cc(F)cc(F)c2F)CC1. The van der Waals surface area contributed by atoms with Crippen molar-refractivity contribution < 1.29 is 18.3 Å². The molecule has 1 aromatic carbocycles. The molecule has 1 fully saturated rings. The first-order valence-electron chi connectivity index (χ1n) is 4.36. The van der Waals surface area contributed by atoms with Crippen molar-refractivity contribution in [2.75, 3.05) is 0 Å². The molecular weight excluding hydrogens is 193 g/mol. The largest absolute Gasteiger partial charge is 0.390 e. The number of hydrogen-bond donors (Lipinski definition) is 1. The van der Waals surface area contributed by atoms with Crippen molar-refractivity contribution in [1.29, 1.82) is 0 Å². The van der Waals surface area contributed by atoms with Crippen LogP contribution in [0.1, 0.15) is 18.4 Å². The van der Waals surface area contributed by atoms with E-state index < -0.39 is 23.1 Å². The maximum Gasteiger partial charge on any atom is 0.162 e. The molecule has 1 aliphatic carbocycles. The van der Waals surface area contributed by atoms with Gasteiger partial charge in [0.2, 0.25) is 0 Å². The van der Waals surface area contributed by atoms with Gasteiger partial charge in [0.25, 0.3) is 0 Å². The molecule has 0 atom stereocenters. The van der Waals surface area contributed by atoms with E-state index in [-0.39, 0.29) is 12.0 Å². The summed E-state index contributed by atoms with van der Waals surface area (Å²) in [5, 5.41) is 9.48. The highest BCUT2D eigenvalue weighted by Gasteiger charge is 2.41. The van der Waals surface area contributed by atoms with Crippen LogP contribution in [0.5, 0.6) is 0 Å². The van der Waals surface area contributed by atoms with Gasteiger partial charge in [-0.25, -0.2) is 13.2 Å². The second kappa shape index (κ2) is 2.98. The molecule has 0 bridgehead atoms. The summed E-state index contributed by atoms with van der Waals surface area (Å²) in [6, 6.07) is 1.42. The van der Waals surface area contributed by atoms with Crippen LogP contribution in [0.25, 0.3) is 0 Å². The lowest BCUT2D eigenvalue weighted by Crippen LogP contribution is -2.13. The van der Waals surface area contributed by atoms with E-state index in [1.807, 2.05) is 0 Å². The summed E-state index contributed by atoms with van der Waals surface area (Å²) in [4.78, 5) is 0. The second-order valence-corrected chi connectivity index (χ2v) is 3.76. The molecular formula is C10H9F3O. The minimum Gasteiger partial charge on any atom is -0.390 e. The second-order valence-electron chi connectivity index (χ2n) is 3.76. The lowest BCUT2D eigenvalue weighted by atomic mass is 10.1. The van der Waals surface area contributed by atoms with E-state index in [1.165, 1.54) is 0 Å². The van der Waals surface area contributed by atoms with Gasteiger partial charge in [-0.15, -0.1) is 0 Å². The quantitative estimate of drug-likeness (QED) is 0.728. The Hall–Kier alpha value is -1.03. The zero-order valence-corrected chi connectivity index (χ0v) is 7.36. The van der Waals surface area contributed by atoms with Crippen molar-refractivity contribution in [2.45, 2.75) is 24.9 Å². The monoisotopic (exact) mass is 202 g/mol. The summed E-state index contributed by atoms with van der Waals surface area (Å²) in [5.41, 5.74) is -1.04. The van der Waals surface area contributed by atoms with Gasteiger partial charge in [0, 0.05) is 12.5 Å². The van der Waals surface area contributed by atoms with Crippen LogP contribution in [0, 0.1) is 17.5 Å². The zero-order chi connectivity index (χ0) is 10.3. The molecule has 0 aromatic heterocycles. The normalized spacial score (nSPS) is 18.3. The maximum absolute atomic E-state index is 13.1. The van der Waals surface area contributed by atoms with Crippen LogP contribution in [0.15, 0.2) is 12.1 Å². The smallest absolute Gasteiger partial charge is 0.162 e. The van der Waals surface area contributed by atoms with Crippen LogP contribution in [-0.2, 0) is 6.42 Å². The lowest BCUT2D eigenvalue weighted by molar-refractivity contribution is 0.149. The average Bonchev–Trinajstić information content (AvgIpc) is 2.79. The van der Waals surface area contributed by atoms with Gasteiger partial charge in [-0.05, 0) is 24.5 Å². The maximum atomic E-state index is 13.1. The Bertz CT molecular complexity index is 372. The fourth-order valence-electron chi connectivity index (χ4n) is 1.41. The summed E-state index contributed by atoms with van der Waals surface area (Å²) in [6.07, 6.45) is 1.10. The molecule has 2 rings (SSSR count). The Kier molecular flexibility index (Phi) is 2.03. The molecule has 0 heterocycles. The molecule has 0 radical (unpaired) electrons. The first kappa shape index (κ1) is 9.52. The zero-order valence-electron chi connectivity index (χ0n) is 7.36. The minimum atomic E-state index is -1.20. The highest BCUT2D eigenvalue weighted by Crippen LogP contribution is 2.38. The third kappa shape index (κ3) is 1.75.